The first-order valence-corrected chi connectivity index (χ1v) is 5.42. The Morgan fingerprint density at radius 1 is 1.44 bits per heavy atom. The molecule has 2 aliphatic rings. The standard InChI is InChI=1S/C13H15NO2/c14-12(13(15)16)8-10-7-6-9-4-2-1-3-5-11(9)10/h2-6,12H,1,7-8,14H2,(H,15,16)/t12-/m0/s1. The smallest absolute Gasteiger partial charge is 0.320 e. The Bertz CT molecular complexity index is 427. The molecule has 16 heavy (non-hydrogen) atoms. The second-order valence-corrected chi connectivity index (χ2v) is 4.07. The van der Waals surface area contributed by atoms with E-state index >= 15 is 0 Å². The van der Waals surface area contributed by atoms with Gasteiger partial charge in [0.15, 0.2) is 0 Å². The van der Waals surface area contributed by atoms with Crippen LogP contribution in [0.15, 0.2) is 47.1 Å². The predicted molar refractivity (Wildman–Crippen MR) is 62.9 cm³/mol. The molecule has 0 aromatic heterocycles. The summed E-state index contributed by atoms with van der Waals surface area (Å²) in [5.41, 5.74) is 9.04. The number of fused-ring (bicyclic) bond motifs is 1. The molecule has 3 heteroatoms. The van der Waals surface area contributed by atoms with Crippen LogP contribution in [0.25, 0.3) is 0 Å². The molecule has 0 fully saturated rings. The van der Waals surface area contributed by atoms with Crippen LogP contribution in [-0.2, 0) is 4.79 Å². The molecule has 0 aromatic carbocycles. The Morgan fingerprint density at radius 2 is 2.19 bits per heavy atom. The van der Waals surface area contributed by atoms with Gasteiger partial charge in [0.05, 0.1) is 0 Å². The number of hydrogen-bond acceptors (Lipinski definition) is 2. The van der Waals surface area contributed by atoms with Crippen molar-refractivity contribution in [3.63, 3.8) is 0 Å². The highest BCUT2D eigenvalue weighted by Crippen LogP contribution is 2.32. The zero-order valence-electron chi connectivity index (χ0n) is 9.02. The Labute approximate surface area is 94.6 Å². The Hall–Kier alpha value is -1.61. The molecule has 0 heterocycles. The lowest BCUT2D eigenvalue weighted by Crippen LogP contribution is -2.30. The minimum atomic E-state index is -0.935. The van der Waals surface area contributed by atoms with E-state index < -0.39 is 12.0 Å². The topological polar surface area (TPSA) is 63.3 Å². The number of carboxylic acid groups (broad SMARTS) is 1. The molecule has 0 aliphatic heterocycles. The highest BCUT2D eigenvalue weighted by molar-refractivity contribution is 5.74. The first-order chi connectivity index (χ1) is 7.68. The summed E-state index contributed by atoms with van der Waals surface area (Å²) in [5.74, 6) is -0.935. The molecule has 3 nitrogen and oxygen atoms in total. The number of hydrogen-bond donors (Lipinski definition) is 2. The molecule has 1 atom stereocenters. The summed E-state index contributed by atoms with van der Waals surface area (Å²) in [4.78, 5) is 10.7. The van der Waals surface area contributed by atoms with Crippen molar-refractivity contribution in [1.82, 2.24) is 0 Å². The van der Waals surface area contributed by atoms with Gasteiger partial charge in [-0.25, -0.2) is 0 Å². The Kier molecular flexibility index (Phi) is 3.06. The first kappa shape index (κ1) is 10.9. The van der Waals surface area contributed by atoms with Crippen LogP contribution in [-0.4, -0.2) is 17.1 Å². The van der Waals surface area contributed by atoms with Crippen LogP contribution in [0.3, 0.4) is 0 Å². The van der Waals surface area contributed by atoms with Gasteiger partial charge in [-0.15, -0.1) is 0 Å². The minimum Gasteiger partial charge on any atom is -0.480 e. The zero-order valence-corrected chi connectivity index (χ0v) is 9.02. The maximum atomic E-state index is 10.7. The summed E-state index contributed by atoms with van der Waals surface area (Å²) < 4.78 is 0. The highest BCUT2D eigenvalue weighted by atomic mass is 16.4. The van der Waals surface area contributed by atoms with Gasteiger partial charge in [-0.05, 0) is 30.4 Å². The maximum absolute atomic E-state index is 10.7. The van der Waals surface area contributed by atoms with Gasteiger partial charge in [0, 0.05) is 0 Å². The number of carboxylic acids is 1. The lowest BCUT2D eigenvalue weighted by molar-refractivity contribution is -0.138. The molecule has 2 rings (SSSR count). The van der Waals surface area contributed by atoms with Crippen LogP contribution in [0.1, 0.15) is 19.3 Å². The van der Waals surface area contributed by atoms with Gasteiger partial charge in [-0.3, -0.25) is 4.79 Å². The average molecular weight is 217 g/mol. The average Bonchev–Trinajstić information content (AvgIpc) is 2.50. The van der Waals surface area contributed by atoms with Gasteiger partial charge < -0.3 is 10.8 Å². The molecule has 0 spiro atoms. The number of carbonyl (C=O) groups is 1. The molecule has 0 aromatic rings. The highest BCUT2D eigenvalue weighted by Gasteiger charge is 2.20. The molecule has 0 saturated heterocycles. The van der Waals surface area contributed by atoms with Gasteiger partial charge >= 0.3 is 5.97 Å². The van der Waals surface area contributed by atoms with E-state index in [1.165, 1.54) is 5.57 Å². The van der Waals surface area contributed by atoms with Crippen LogP contribution >= 0.6 is 0 Å². The molecule has 0 saturated carbocycles. The van der Waals surface area contributed by atoms with E-state index in [-0.39, 0.29) is 0 Å². The molecule has 84 valence electrons. The van der Waals surface area contributed by atoms with Crippen molar-refractivity contribution in [2.75, 3.05) is 0 Å². The summed E-state index contributed by atoms with van der Waals surface area (Å²) >= 11 is 0. The van der Waals surface area contributed by atoms with Gasteiger partial charge in [0.2, 0.25) is 0 Å². The van der Waals surface area contributed by atoms with Crippen molar-refractivity contribution < 1.29 is 9.90 Å². The van der Waals surface area contributed by atoms with E-state index in [4.69, 9.17) is 10.8 Å². The fraction of sp³-hybridized carbons (Fsp3) is 0.308. The van der Waals surface area contributed by atoms with Crippen molar-refractivity contribution >= 4 is 5.97 Å². The SMILES string of the molecule is N[C@@H](CC1=C2C=CCC=CC2=CC1)C(=O)O. The molecular formula is C13H15NO2. The number of rotatable bonds is 3. The number of allylic oxidation sites excluding steroid dienone is 7. The van der Waals surface area contributed by atoms with Crippen LogP contribution < -0.4 is 5.73 Å². The van der Waals surface area contributed by atoms with E-state index in [0.717, 1.165) is 24.0 Å². The van der Waals surface area contributed by atoms with E-state index in [9.17, 15) is 4.79 Å². The summed E-state index contributed by atoms with van der Waals surface area (Å²) in [6.45, 7) is 0. The lowest BCUT2D eigenvalue weighted by Gasteiger charge is -2.09. The molecule has 3 N–H and O–H groups in total. The summed E-state index contributed by atoms with van der Waals surface area (Å²) in [5, 5.41) is 8.80. The van der Waals surface area contributed by atoms with Crippen molar-refractivity contribution in [2.24, 2.45) is 5.73 Å². The van der Waals surface area contributed by atoms with Crippen molar-refractivity contribution in [3.05, 3.63) is 47.1 Å². The van der Waals surface area contributed by atoms with Crippen LogP contribution in [0.2, 0.25) is 0 Å². The number of aliphatic carboxylic acids is 1. The third-order valence-corrected chi connectivity index (χ3v) is 2.90. The Balaban J connectivity index is 2.20. The summed E-state index contributed by atoms with van der Waals surface area (Å²) in [6, 6.07) is -0.795. The molecule has 0 amide bonds. The van der Waals surface area contributed by atoms with Crippen molar-refractivity contribution in [2.45, 2.75) is 25.3 Å². The van der Waals surface area contributed by atoms with Crippen LogP contribution in [0, 0.1) is 0 Å². The lowest BCUT2D eigenvalue weighted by atomic mass is 10.00. The second-order valence-electron chi connectivity index (χ2n) is 4.07. The largest absolute Gasteiger partial charge is 0.480 e. The third-order valence-electron chi connectivity index (χ3n) is 2.90. The summed E-state index contributed by atoms with van der Waals surface area (Å²) in [7, 11) is 0. The third kappa shape index (κ3) is 2.14. The second kappa shape index (κ2) is 4.49. The normalized spacial score (nSPS) is 20.4. The van der Waals surface area contributed by atoms with E-state index in [1.807, 2.05) is 0 Å². The molecule has 0 unspecified atom stereocenters. The van der Waals surface area contributed by atoms with Gasteiger partial charge in [0.1, 0.15) is 6.04 Å². The molecule has 0 bridgehead atoms. The fourth-order valence-corrected chi connectivity index (χ4v) is 2.03. The van der Waals surface area contributed by atoms with Crippen molar-refractivity contribution in [1.29, 1.82) is 0 Å². The van der Waals surface area contributed by atoms with Gasteiger partial charge in [-0.1, -0.05) is 36.0 Å². The van der Waals surface area contributed by atoms with E-state index in [0.29, 0.717) is 6.42 Å². The van der Waals surface area contributed by atoms with Crippen molar-refractivity contribution in [3.8, 4) is 0 Å². The molecule has 0 radical (unpaired) electrons. The summed E-state index contributed by atoms with van der Waals surface area (Å²) in [6.07, 6.45) is 12.7. The van der Waals surface area contributed by atoms with Crippen LogP contribution in [0.5, 0.6) is 0 Å². The quantitative estimate of drug-likeness (QED) is 0.759. The maximum Gasteiger partial charge on any atom is 0.320 e. The minimum absolute atomic E-state index is 0.433. The van der Waals surface area contributed by atoms with Gasteiger partial charge in [0.25, 0.3) is 0 Å². The van der Waals surface area contributed by atoms with E-state index in [1.54, 1.807) is 0 Å². The molecular weight excluding hydrogens is 202 g/mol. The Morgan fingerprint density at radius 3 is 2.94 bits per heavy atom. The van der Waals surface area contributed by atoms with E-state index in [2.05, 4.69) is 30.4 Å². The number of nitrogens with two attached hydrogens (primary N) is 1. The molecule has 2 aliphatic carbocycles. The van der Waals surface area contributed by atoms with Crippen LogP contribution in [0.4, 0.5) is 0 Å². The fourth-order valence-electron chi connectivity index (χ4n) is 2.03. The monoisotopic (exact) mass is 217 g/mol. The predicted octanol–water partition coefficient (Wildman–Crippen LogP) is 1.93. The first-order valence-electron chi connectivity index (χ1n) is 5.42. The van der Waals surface area contributed by atoms with Gasteiger partial charge in [-0.2, -0.15) is 0 Å². The zero-order chi connectivity index (χ0) is 11.5.